The van der Waals surface area contributed by atoms with Gasteiger partial charge in [-0.25, -0.2) is 15.8 Å². The average Bonchev–Trinajstić information content (AvgIpc) is 3.32. The van der Waals surface area contributed by atoms with Crippen LogP contribution in [0.4, 0.5) is 17.3 Å². The van der Waals surface area contributed by atoms with Crippen LogP contribution in [0.25, 0.3) is 0 Å². The van der Waals surface area contributed by atoms with E-state index < -0.39 is 4.92 Å². The van der Waals surface area contributed by atoms with Crippen LogP contribution in [0.2, 0.25) is 0 Å². The Morgan fingerprint density at radius 2 is 1.90 bits per heavy atom. The van der Waals surface area contributed by atoms with Gasteiger partial charge < -0.3 is 10.3 Å². The standard InChI is InChI=1S/C12H18N6O2/c13-16-11-10(18(19)20)12(15-7-14-11)17(5-8-1-2-8)6-9-3-4-9/h7-9H,1-6,13H2,(H,14,15,16). The first kappa shape index (κ1) is 13.0. The first-order valence-electron chi connectivity index (χ1n) is 6.90. The molecule has 3 N–H and O–H groups in total. The third kappa shape index (κ3) is 2.79. The molecule has 0 spiro atoms. The summed E-state index contributed by atoms with van der Waals surface area (Å²) in [6.07, 6.45) is 6.11. The normalized spacial score (nSPS) is 17.9. The highest BCUT2D eigenvalue weighted by atomic mass is 16.6. The monoisotopic (exact) mass is 278 g/mol. The first-order chi connectivity index (χ1) is 9.69. The summed E-state index contributed by atoms with van der Waals surface area (Å²) in [5.41, 5.74) is 2.16. The Morgan fingerprint density at radius 3 is 2.35 bits per heavy atom. The van der Waals surface area contributed by atoms with E-state index >= 15 is 0 Å². The molecule has 108 valence electrons. The summed E-state index contributed by atoms with van der Waals surface area (Å²) in [6.45, 7) is 1.66. The minimum Gasteiger partial charge on any atom is -0.350 e. The summed E-state index contributed by atoms with van der Waals surface area (Å²) in [5.74, 6) is 7.05. The van der Waals surface area contributed by atoms with Gasteiger partial charge in [0.2, 0.25) is 11.6 Å². The third-order valence-corrected chi connectivity index (χ3v) is 3.77. The Bertz CT molecular complexity index is 501. The average molecular weight is 278 g/mol. The van der Waals surface area contributed by atoms with Crippen LogP contribution in [0.15, 0.2) is 6.33 Å². The van der Waals surface area contributed by atoms with Crippen molar-refractivity contribution in [2.45, 2.75) is 25.7 Å². The number of nitrogens with one attached hydrogen (secondary N) is 1. The molecule has 1 heterocycles. The van der Waals surface area contributed by atoms with Crippen molar-refractivity contribution in [2.24, 2.45) is 17.7 Å². The van der Waals surface area contributed by atoms with Gasteiger partial charge >= 0.3 is 5.69 Å². The molecule has 8 nitrogen and oxygen atoms in total. The molecule has 0 aromatic carbocycles. The van der Waals surface area contributed by atoms with E-state index in [4.69, 9.17) is 5.84 Å². The Labute approximate surface area is 116 Å². The van der Waals surface area contributed by atoms with Gasteiger partial charge in [-0.1, -0.05) is 0 Å². The molecular formula is C12H18N6O2. The fourth-order valence-corrected chi connectivity index (χ4v) is 2.35. The third-order valence-electron chi connectivity index (χ3n) is 3.77. The van der Waals surface area contributed by atoms with E-state index in [1.54, 1.807) is 0 Å². The molecule has 0 bridgehead atoms. The number of aromatic nitrogens is 2. The van der Waals surface area contributed by atoms with Crippen LogP contribution in [0.5, 0.6) is 0 Å². The molecule has 0 amide bonds. The number of nitro groups is 1. The van der Waals surface area contributed by atoms with Crippen molar-refractivity contribution in [3.05, 3.63) is 16.4 Å². The summed E-state index contributed by atoms with van der Waals surface area (Å²) < 4.78 is 0. The maximum Gasteiger partial charge on any atom is 0.354 e. The Balaban J connectivity index is 1.92. The van der Waals surface area contributed by atoms with Crippen LogP contribution in [0.3, 0.4) is 0 Å². The predicted octanol–water partition coefficient (Wildman–Crippen LogP) is 1.30. The van der Waals surface area contributed by atoms with Gasteiger partial charge in [-0.3, -0.25) is 10.1 Å². The van der Waals surface area contributed by atoms with Gasteiger partial charge in [-0.2, -0.15) is 0 Å². The second kappa shape index (κ2) is 5.20. The summed E-state index contributed by atoms with van der Waals surface area (Å²) in [4.78, 5) is 20.9. The molecule has 2 fully saturated rings. The van der Waals surface area contributed by atoms with Crippen molar-refractivity contribution >= 4 is 17.3 Å². The smallest absolute Gasteiger partial charge is 0.350 e. The van der Waals surface area contributed by atoms with Crippen LogP contribution >= 0.6 is 0 Å². The maximum atomic E-state index is 11.3. The van der Waals surface area contributed by atoms with E-state index in [1.807, 2.05) is 4.90 Å². The largest absolute Gasteiger partial charge is 0.354 e. The lowest BCUT2D eigenvalue weighted by molar-refractivity contribution is -0.383. The van der Waals surface area contributed by atoms with E-state index in [1.165, 1.54) is 32.0 Å². The zero-order chi connectivity index (χ0) is 14.1. The molecule has 0 radical (unpaired) electrons. The van der Waals surface area contributed by atoms with Gasteiger partial charge in [0.25, 0.3) is 0 Å². The van der Waals surface area contributed by atoms with Crippen molar-refractivity contribution in [1.29, 1.82) is 0 Å². The van der Waals surface area contributed by atoms with Gasteiger partial charge in [0.1, 0.15) is 6.33 Å². The van der Waals surface area contributed by atoms with E-state index in [-0.39, 0.29) is 11.5 Å². The second-order valence-corrected chi connectivity index (χ2v) is 5.59. The molecule has 0 atom stereocenters. The SMILES string of the molecule is NNc1ncnc(N(CC2CC2)CC2CC2)c1[N+](=O)[O-]. The zero-order valence-corrected chi connectivity index (χ0v) is 11.2. The Kier molecular flexibility index (Phi) is 3.39. The summed E-state index contributed by atoms with van der Waals surface area (Å²) >= 11 is 0. The van der Waals surface area contributed by atoms with Crippen LogP contribution in [0, 0.1) is 22.0 Å². The zero-order valence-electron chi connectivity index (χ0n) is 11.2. The fraction of sp³-hybridized carbons (Fsp3) is 0.667. The molecule has 3 rings (SSSR count). The summed E-state index contributed by atoms with van der Waals surface area (Å²) in [5, 5.41) is 11.3. The number of nitrogens with zero attached hydrogens (tertiary/aromatic N) is 4. The highest BCUT2D eigenvalue weighted by Crippen LogP contribution is 2.39. The number of nitrogen functional groups attached to an aromatic ring is 1. The molecule has 2 aliphatic carbocycles. The lowest BCUT2D eigenvalue weighted by Crippen LogP contribution is -2.30. The lowest BCUT2D eigenvalue weighted by atomic mass is 10.3. The Hall–Kier alpha value is -1.96. The molecular weight excluding hydrogens is 260 g/mol. The number of anilines is 2. The Morgan fingerprint density at radius 1 is 1.30 bits per heavy atom. The molecule has 1 aromatic rings. The topological polar surface area (TPSA) is 110 Å². The molecule has 0 saturated heterocycles. The number of hydrogen-bond donors (Lipinski definition) is 2. The van der Waals surface area contributed by atoms with Crippen LogP contribution in [-0.2, 0) is 0 Å². The van der Waals surface area contributed by atoms with Crippen LogP contribution < -0.4 is 16.2 Å². The van der Waals surface area contributed by atoms with Gasteiger partial charge in [0.05, 0.1) is 4.92 Å². The van der Waals surface area contributed by atoms with Crippen molar-refractivity contribution < 1.29 is 4.92 Å². The van der Waals surface area contributed by atoms with Gasteiger partial charge in [0.15, 0.2) is 0 Å². The molecule has 20 heavy (non-hydrogen) atoms. The number of nitrogens with two attached hydrogens (primary N) is 1. The van der Waals surface area contributed by atoms with Gasteiger partial charge in [-0.05, 0) is 37.5 Å². The molecule has 0 aliphatic heterocycles. The van der Waals surface area contributed by atoms with Gasteiger partial charge in [-0.15, -0.1) is 0 Å². The van der Waals surface area contributed by atoms with E-state index in [9.17, 15) is 10.1 Å². The van der Waals surface area contributed by atoms with Crippen molar-refractivity contribution in [3.8, 4) is 0 Å². The van der Waals surface area contributed by atoms with Crippen LogP contribution in [0.1, 0.15) is 25.7 Å². The minimum absolute atomic E-state index is 0.0663. The van der Waals surface area contributed by atoms with E-state index in [2.05, 4.69) is 15.4 Å². The molecule has 1 aromatic heterocycles. The first-order valence-corrected chi connectivity index (χ1v) is 6.90. The summed E-state index contributed by atoms with van der Waals surface area (Å²) in [7, 11) is 0. The molecule has 2 saturated carbocycles. The fourth-order valence-electron chi connectivity index (χ4n) is 2.35. The highest BCUT2D eigenvalue weighted by Gasteiger charge is 2.34. The summed E-state index contributed by atoms with van der Waals surface area (Å²) in [6, 6.07) is 0. The van der Waals surface area contributed by atoms with Crippen molar-refractivity contribution in [2.75, 3.05) is 23.4 Å². The maximum absolute atomic E-state index is 11.3. The van der Waals surface area contributed by atoms with Crippen molar-refractivity contribution in [3.63, 3.8) is 0 Å². The lowest BCUT2D eigenvalue weighted by Gasteiger charge is -2.23. The second-order valence-electron chi connectivity index (χ2n) is 5.59. The quantitative estimate of drug-likeness (QED) is 0.439. The van der Waals surface area contributed by atoms with E-state index in [0.29, 0.717) is 17.7 Å². The number of hydrogen-bond acceptors (Lipinski definition) is 7. The van der Waals surface area contributed by atoms with E-state index in [0.717, 1.165) is 13.1 Å². The molecule has 0 unspecified atom stereocenters. The number of rotatable bonds is 7. The van der Waals surface area contributed by atoms with Crippen molar-refractivity contribution in [1.82, 2.24) is 9.97 Å². The number of hydrazine groups is 1. The minimum atomic E-state index is -0.461. The molecule has 8 heteroatoms. The highest BCUT2D eigenvalue weighted by molar-refractivity contribution is 5.70. The van der Waals surface area contributed by atoms with Gasteiger partial charge in [0, 0.05) is 13.1 Å². The molecule has 2 aliphatic rings. The predicted molar refractivity (Wildman–Crippen MR) is 74.2 cm³/mol. The van der Waals surface area contributed by atoms with Crippen LogP contribution in [-0.4, -0.2) is 28.0 Å².